The van der Waals surface area contributed by atoms with Gasteiger partial charge in [-0.1, -0.05) is 24.3 Å². The lowest BCUT2D eigenvalue weighted by Gasteiger charge is -2.10. The van der Waals surface area contributed by atoms with Crippen LogP contribution in [-0.4, -0.2) is 18.1 Å². The van der Waals surface area contributed by atoms with Gasteiger partial charge >= 0.3 is 0 Å². The van der Waals surface area contributed by atoms with Gasteiger partial charge in [0.15, 0.2) is 5.11 Å². The Balaban J connectivity index is 1.88. The van der Waals surface area contributed by atoms with Gasteiger partial charge in [0, 0.05) is 0 Å². The molecule has 0 aliphatic carbocycles. The Hall–Kier alpha value is -2.47. The molecule has 22 heavy (non-hydrogen) atoms. The molecule has 4 nitrogen and oxygen atoms in total. The van der Waals surface area contributed by atoms with Crippen molar-refractivity contribution in [1.82, 2.24) is 5.32 Å². The number of amides is 1. The molecule has 0 atom stereocenters. The Kier molecular flexibility index (Phi) is 5.43. The van der Waals surface area contributed by atoms with Gasteiger partial charge in [0.1, 0.15) is 11.6 Å². The van der Waals surface area contributed by atoms with Crippen molar-refractivity contribution in [3.63, 3.8) is 0 Å². The first-order valence-electron chi connectivity index (χ1n) is 6.57. The first kappa shape index (κ1) is 15.9. The molecule has 0 saturated heterocycles. The number of anilines is 1. The van der Waals surface area contributed by atoms with Crippen molar-refractivity contribution in [3.8, 4) is 5.75 Å². The summed E-state index contributed by atoms with van der Waals surface area (Å²) in [4.78, 5) is 11.9. The fraction of sp³-hybridized carbons (Fsp3) is 0.125. The number of para-hydroxylation sites is 1. The van der Waals surface area contributed by atoms with Gasteiger partial charge in [-0.15, -0.1) is 0 Å². The van der Waals surface area contributed by atoms with Gasteiger partial charge in [-0.2, -0.15) is 0 Å². The second-order valence-corrected chi connectivity index (χ2v) is 4.92. The molecule has 6 heteroatoms. The minimum atomic E-state index is -0.436. The van der Waals surface area contributed by atoms with Crippen molar-refractivity contribution in [1.29, 1.82) is 0 Å². The Morgan fingerprint density at radius 2 is 1.86 bits per heavy atom. The zero-order valence-electron chi connectivity index (χ0n) is 11.9. The molecule has 2 aromatic carbocycles. The fourth-order valence-corrected chi connectivity index (χ4v) is 2.04. The highest BCUT2D eigenvalue weighted by Crippen LogP contribution is 2.13. The summed E-state index contributed by atoms with van der Waals surface area (Å²) in [6.45, 7) is 0. The van der Waals surface area contributed by atoms with Crippen LogP contribution < -0.4 is 15.4 Å². The Labute approximate surface area is 133 Å². The van der Waals surface area contributed by atoms with Crippen LogP contribution in [0.5, 0.6) is 5.75 Å². The number of carbonyl (C=O) groups is 1. The highest BCUT2D eigenvalue weighted by Gasteiger charge is 2.08. The number of nitrogens with one attached hydrogen (secondary N) is 2. The number of hydrogen-bond donors (Lipinski definition) is 2. The standard InChI is InChI=1S/C16H15FN2O2S/c1-21-12-8-6-11(7-9-12)10-15(20)19-16(22)18-14-5-3-2-4-13(14)17/h2-9H,10H2,1H3,(H2,18,19,20,22). The van der Waals surface area contributed by atoms with Crippen LogP contribution in [0.25, 0.3) is 0 Å². The second kappa shape index (κ2) is 7.51. The molecule has 0 aliphatic heterocycles. The van der Waals surface area contributed by atoms with Crippen LogP contribution in [-0.2, 0) is 11.2 Å². The Bertz CT molecular complexity index is 674. The van der Waals surface area contributed by atoms with Crippen molar-refractivity contribution in [2.75, 3.05) is 12.4 Å². The smallest absolute Gasteiger partial charge is 0.230 e. The number of methoxy groups -OCH3 is 1. The molecular weight excluding hydrogens is 303 g/mol. The summed E-state index contributed by atoms with van der Waals surface area (Å²) in [7, 11) is 1.58. The normalized spacial score (nSPS) is 9.91. The van der Waals surface area contributed by atoms with Gasteiger partial charge in [0.05, 0.1) is 19.2 Å². The number of halogens is 1. The van der Waals surface area contributed by atoms with Gasteiger partial charge in [-0.25, -0.2) is 4.39 Å². The summed E-state index contributed by atoms with van der Waals surface area (Å²) in [5, 5.41) is 5.22. The average molecular weight is 318 g/mol. The summed E-state index contributed by atoms with van der Waals surface area (Å²) in [6, 6.07) is 13.2. The maximum absolute atomic E-state index is 13.5. The molecule has 0 spiro atoms. The summed E-state index contributed by atoms with van der Waals surface area (Å²) >= 11 is 5.00. The Morgan fingerprint density at radius 3 is 2.50 bits per heavy atom. The van der Waals surface area contributed by atoms with Gasteiger partial charge in [0.2, 0.25) is 5.91 Å². The lowest BCUT2D eigenvalue weighted by Crippen LogP contribution is -2.35. The highest BCUT2D eigenvalue weighted by atomic mass is 32.1. The molecule has 0 aliphatic rings. The van der Waals surface area contributed by atoms with E-state index in [1.807, 2.05) is 0 Å². The molecule has 0 aromatic heterocycles. The number of rotatable bonds is 4. The van der Waals surface area contributed by atoms with Crippen LogP contribution in [0.15, 0.2) is 48.5 Å². The maximum Gasteiger partial charge on any atom is 0.230 e. The van der Waals surface area contributed by atoms with E-state index in [9.17, 15) is 9.18 Å². The number of ether oxygens (including phenoxy) is 1. The molecule has 2 N–H and O–H groups in total. The molecule has 0 fully saturated rings. The van der Waals surface area contributed by atoms with Gasteiger partial charge in [-0.05, 0) is 42.0 Å². The third-order valence-corrected chi connectivity index (χ3v) is 3.10. The van der Waals surface area contributed by atoms with E-state index < -0.39 is 5.82 Å². The molecule has 0 bridgehead atoms. The molecule has 0 unspecified atom stereocenters. The SMILES string of the molecule is COc1ccc(CC(=O)NC(=S)Nc2ccccc2F)cc1. The number of hydrogen-bond acceptors (Lipinski definition) is 3. The summed E-state index contributed by atoms with van der Waals surface area (Å²) in [5.41, 5.74) is 1.05. The van der Waals surface area contributed by atoms with Gasteiger partial charge in [-0.3, -0.25) is 4.79 Å². The van der Waals surface area contributed by atoms with E-state index in [0.717, 1.165) is 11.3 Å². The molecule has 114 valence electrons. The molecular formula is C16H15FN2O2S. The van der Waals surface area contributed by atoms with Crippen LogP contribution in [0.3, 0.4) is 0 Å². The zero-order chi connectivity index (χ0) is 15.9. The fourth-order valence-electron chi connectivity index (χ4n) is 1.82. The monoisotopic (exact) mass is 318 g/mol. The van der Waals surface area contributed by atoms with E-state index in [4.69, 9.17) is 17.0 Å². The average Bonchev–Trinajstić information content (AvgIpc) is 2.50. The van der Waals surface area contributed by atoms with Gasteiger partial charge < -0.3 is 15.4 Å². The molecule has 0 radical (unpaired) electrons. The van der Waals surface area contributed by atoms with Crippen molar-refractivity contribution in [2.24, 2.45) is 0 Å². The first-order chi connectivity index (χ1) is 10.6. The zero-order valence-corrected chi connectivity index (χ0v) is 12.7. The molecule has 2 rings (SSSR count). The third kappa shape index (κ3) is 4.53. The van der Waals surface area contributed by atoms with Crippen molar-refractivity contribution in [3.05, 3.63) is 59.9 Å². The lowest BCUT2D eigenvalue weighted by atomic mass is 10.1. The predicted octanol–water partition coefficient (Wildman–Crippen LogP) is 2.89. The van der Waals surface area contributed by atoms with Crippen LogP contribution in [0.1, 0.15) is 5.56 Å². The molecule has 2 aromatic rings. The number of thiocarbonyl (C=S) groups is 1. The predicted molar refractivity (Wildman–Crippen MR) is 87.5 cm³/mol. The summed E-state index contributed by atoms with van der Waals surface area (Å²) < 4.78 is 18.5. The van der Waals surface area contributed by atoms with E-state index >= 15 is 0 Å². The summed E-state index contributed by atoms with van der Waals surface area (Å²) in [5.74, 6) is 0.00848. The van der Waals surface area contributed by atoms with E-state index in [1.54, 1.807) is 43.5 Å². The topological polar surface area (TPSA) is 50.4 Å². The summed E-state index contributed by atoms with van der Waals surface area (Å²) in [6.07, 6.45) is 0.170. The van der Waals surface area contributed by atoms with E-state index in [0.29, 0.717) is 0 Å². The van der Waals surface area contributed by atoms with Gasteiger partial charge in [0.25, 0.3) is 0 Å². The van der Waals surface area contributed by atoms with E-state index in [2.05, 4.69) is 10.6 Å². The van der Waals surface area contributed by atoms with Crippen molar-refractivity contribution < 1.29 is 13.9 Å². The van der Waals surface area contributed by atoms with Crippen LogP contribution >= 0.6 is 12.2 Å². The Morgan fingerprint density at radius 1 is 1.18 bits per heavy atom. The van der Waals surface area contributed by atoms with Crippen LogP contribution in [0.4, 0.5) is 10.1 Å². The quantitative estimate of drug-likeness (QED) is 0.851. The van der Waals surface area contributed by atoms with Crippen molar-refractivity contribution in [2.45, 2.75) is 6.42 Å². The minimum Gasteiger partial charge on any atom is -0.497 e. The minimum absolute atomic E-state index is 0.0589. The highest BCUT2D eigenvalue weighted by molar-refractivity contribution is 7.80. The third-order valence-electron chi connectivity index (χ3n) is 2.90. The number of benzene rings is 2. The molecule has 0 saturated carbocycles. The maximum atomic E-state index is 13.5. The second-order valence-electron chi connectivity index (χ2n) is 4.51. The first-order valence-corrected chi connectivity index (χ1v) is 6.97. The number of carbonyl (C=O) groups excluding carboxylic acids is 1. The van der Waals surface area contributed by atoms with Crippen LogP contribution in [0.2, 0.25) is 0 Å². The van der Waals surface area contributed by atoms with E-state index in [-0.39, 0.29) is 23.1 Å². The largest absolute Gasteiger partial charge is 0.497 e. The van der Waals surface area contributed by atoms with Crippen LogP contribution in [0, 0.1) is 5.82 Å². The lowest BCUT2D eigenvalue weighted by molar-refractivity contribution is -0.119. The van der Waals surface area contributed by atoms with E-state index in [1.165, 1.54) is 12.1 Å². The van der Waals surface area contributed by atoms with Crippen molar-refractivity contribution >= 4 is 28.9 Å². The molecule has 0 heterocycles. The molecule has 1 amide bonds.